The quantitative estimate of drug-likeness (QED) is 0.337. The lowest BCUT2D eigenvalue weighted by molar-refractivity contribution is -0.160. The summed E-state index contributed by atoms with van der Waals surface area (Å²) in [4.78, 5) is 12.1. The van der Waals surface area contributed by atoms with Crippen molar-refractivity contribution < 1.29 is 34.3 Å². The van der Waals surface area contributed by atoms with E-state index >= 15 is 0 Å². The lowest BCUT2D eigenvalue weighted by Crippen LogP contribution is -2.48. The number of aryl methyl sites for hydroxylation is 1. The number of ether oxygens (including phenoxy) is 3. The molecule has 1 aliphatic rings. The van der Waals surface area contributed by atoms with Crippen molar-refractivity contribution in [3.8, 4) is 5.75 Å². The van der Waals surface area contributed by atoms with Crippen LogP contribution in [0, 0.1) is 5.41 Å². The Balaban J connectivity index is 1.69. The zero-order chi connectivity index (χ0) is 28.0. The first-order chi connectivity index (χ1) is 17.9. The number of aliphatic hydroxyl groups excluding tert-OH is 3. The summed E-state index contributed by atoms with van der Waals surface area (Å²) in [5.41, 5.74) is 3.70. The third-order valence-electron chi connectivity index (χ3n) is 6.94. The summed E-state index contributed by atoms with van der Waals surface area (Å²) >= 11 is 6.61. The number of methoxy groups -OCH3 is 1. The van der Waals surface area contributed by atoms with Crippen molar-refractivity contribution in [3.05, 3.63) is 63.7 Å². The van der Waals surface area contributed by atoms with Crippen LogP contribution in [0.2, 0.25) is 5.02 Å². The van der Waals surface area contributed by atoms with Gasteiger partial charge in [0, 0.05) is 18.1 Å². The van der Waals surface area contributed by atoms with E-state index < -0.39 is 30.4 Å². The Labute approximate surface area is 230 Å². The summed E-state index contributed by atoms with van der Waals surface area (Å²) in [6, 6.07) is 11.8. The maximum atomic E-state index is 12.1. The fourth-order valence-electron chi connectivity index (χ4n) is 4.91. The number of rotatable bonds is 12. The summed E-state index contributed by atoms with van der Waals surface area (Å²) in [5, 5.41) is 33.5. The second kappa shape index (κ2) is 13.3. The van der Waals surface area contributed by atoms with Crippen LogP contribution in [0.25, 0.3) is 0 Å². The SMILES string of the molecule is CCOc1ccc(Cc2cc3c(cc2Cl)CCC3[C@H](O)[C@@H](O)[C@H](O)[C@@H](COC(=O)CC(C)(C)C)OC)cc1. The molecule has 0 fully saturated rings. The molecule has 0 saturated heterocycles. The molecule has 2 aromatic carbocycles. The summed E-state index contributed by atoms with van der Waals surface area (Å²) in [6.07, 6.45) is -3.02. The summed E-state index contributed by atoms with van der Waals surface area (Å²) in [5.74, 6) is 0.0146. The molecule has 38 heavy (non-hydrogen) atoms. The minimum absolute atomic E-state index is 0.213. The van der Waals surface area contributed by atoms with Gasteiger partial charge in [-0.25, -0.2) is 0 Å². The molecule has 0 radical (unpaired) electrons. The topological polar surface area (TPSA) is 105 Å². The second-order valence-corrected chi connectivity index (χ2v) is 11.6. The normalized spacial score (nSPS) is 18.4. The number of fused-ring (bicyclic) bond motifs is 1. The molecule has 3 N–H and O–H groups in total. The highest BCUT2D eigenvalue weighted by Gasteiger charge is 2.39. The Morgan fingerprint density at radius 3 is 2.39 bits per heavy atom. The van der Waals surface area contributed by atoms with E-state index in [1.54, 1.807) is 0 Å². The van der Waals surface area contributed by atoms with Crippen molar-refractivity contribution in [2.45, 2.75) is 83.7 Å². The Hall–Kier alpha value is -2.16. The molecule has 2 aromatic rings. The van der Waals surface area contributed by atoms with E-state index in [2.05, 4.69) is 0 Å². The molecule has 0 amide bonds. The van der Waals surface area contributed by atoms with Gasteiger partial charge in [-0.3, -0.25) is 4.79 Å². The minimum Gasteiger partial charge on any atom is -0.494 e. The van der Waals surface area contributed by atoms with E-state index in [0.717, 1.165) is 28.0 Å². The average Bonchev–Trinajstić information content (AvgIpc) is 3.26. The van der Waals surface area contributed by atoms with E-state index in [0.29, 0.717) is 30.9 Å². The number of carbonyl (C=O) groups excluding carboxylic acids is 1. The molecule has 0 heterocycles. The molecule has 3 rings (SSSR count). The highest BCUT2D eigenvalue weighted by Crippen LogP contribution is 2.40. The van der Waals surface area contributed by atoms with Gasteiger partial charge in [-0.2, -0.15) is 0 Å². The van der Waals surface area contributed by atoms with Crippen LogP contribution in [0.3, 0.4) is 0 Å². The van der Waals surface area contributed by atoms with Crippen LogP contribution < -0.4 is 4.74 Å². The van der Waals surface area contributed by atoms with Gasteiger partial charge in [0.2, 0.25) is 0 Å². The van der Waals surface area contributed by atoms with E-state index in [-0.39, 0.29) is 24.4 Å². The maximum Gasteiger partial charge on any atom is 0.306 e. The number of carbonyl (C=O) groups is 1. The van der Waals surface area contributed by atoms with Gasteiger partial charge in [0.15, 0.2) is 0 Å². The van der Waals surface area contributed by atoms with Crippen LogP contribution in [-0.4, -0.2) is 66.0 Å². The fraction of sp³-hybridized carbons (Fsp3) is 0.567. The van der Waals surface area contributed by atoms with Gasteiger partial charge in [0.05, 0.1) is 19.1 Å². The van der Waals surface area contributed by atoms with Gasteiger partial charge in [0.25, 0.3) is 0 Å². The van der Waals surface area contributed by atoms with Gasteiger partial charge in [0.1, 0.15) is 30.7 Å². The molecule has 1 unspecified atom stereocenters. The van der Waals surface area contributed by atoms with E-state index in [1.165, 1.54) is 7.11 Å². The lowest BCUT2D eigenvalue weighted by atomic mass is 9.87. The number of hydrogen-bond acceptors (Lipinski definition) is 7. The third kappa shape index (κ3) is 7.93. The summed E-state index contributed by atoms with van der Waals surface area (Å²) in [7, 11) is 1.37. The first-order valence-electron chi connectivity index (χ1n) is 13.2. The molecular formula is C30H41ClO7. The summed E-state index contributed by atoms with van der Waals surface area (Å²) in [6.45, 7) is 8.10. The van der Waals surface area contributed by atoms with E-state index in [4.69, 9.17) is 25.8 Å². The van der Waals surface area contributed by atoms with Gasteiger partial charge < -0.3 is 29.5 Å². The number of halogens is 1. The Morgan fingerprint density at radius 1 is 1.11 bits per heavy atom. The largest absolute Gasteiger partial charge is 0.494 e. The predicted molar refractivity (Wildman–Crippen MR) is 147 cm³/mol. The van der Waals surface area contributed by atoms with Crippen LogP contribution in [0.5, 0.6) is 5.75 Å². The van der Waals surface area contributed by atoms with Crippen LogP contribution in [0.1, 0.15) is 68.7 Å². The van der Waals surface area contributed by atoms with Crippen molar-refractivity contribution in [1.29, 1.82) is 0 Å². The highest BCUT2D eigenvalue weighted by molar-refractivity contribution is 6.31. The van der Waals surface area contributed by atoms with Crippen molar-refractivity contribution in [3.63, 3.8) is 0 Å². The number of hydrogen-bond donors (Lipinski definition) is 3. The van der Waals surface area contributed by atoms with Crippen molar-refractivity contribution in [2.24, 2.45) is 5.41 Å². The average molecular weight is 549 g/mol. The Morgan fingerprint density at radius 2 is 1.79 bits per heavy atom. The first-order valence-corrected chi connectivity index (χ1v) is 13.6. The van der Waals surface area contributed by atoms with Gasteiger partial charge in [-0.05, 0) is 72.1 Å². The molecule has 0 bridgehead atoms. The molecule has 0 aliphatic heterocycles. The maximum absolute atomic E-state index is 12.1. The molecule has 1 aliphatic carbocycles. The summed E-state index contributed by atoms with van der Waals surface area (Å²) < 4.78 is 16.1. The number of benzene rings is 2. The highest BCUT2D eigenvalue weighted by atomic mass is 35.5. The van der Waals surface area contributed by atoms with Crippen LogP contribution >= 0.6 is 11.6 Å². The second-order valence-electron chi connectivity index (χ2n) is 11.2. The van der Waals surface area contributed by atoms with Gasteiger partial charge in [-0.15, -0.1) is 0 Å². The predicted octanol–water partition coefficient (Wildman–Crippen LogP) is 4.44. The lowest BCUT2D eigenvalue weighted by Gasteiger charge is -2.31. The smallest absolute Gasteiger partial charge is 0.306 e. The van der Waals surface area contributed by atoms with E-state index in [1.807, 2.05) is 64.1 Å². The van der Waals surface area contributed by atoms with Crippen molar-refractivity contribution in [1.82, 2.24) is 0 Å². The molecule has 0 spiro atoms. The van der Waals surface area contributed by atoms with Crippen LogP contribution in [0.15, 0.2) is 36.4 Å². The molecule has 8 heteroatoms. The first kappa shape index (κ1) is 30.4. The molecule has 0 saturated carbocycles. The fourth-order valence-corrected chi connectivity index (χ4v) is 5.17. The molecule has 5 atom stereocenters. The van der Waals surface area contributed by atoms with Gasteiger partial charge >= 0.3 is 5.97 Å². The number of aliphatic hydroxyl groups is 3. The molecule has 210 valence electrons. The standard InChI is InChI=1S/C30H41ClO7/c1-6-37-21-10-7-18(8-11-21)13-20-14-23-19(15-24(20)31)9-12-22(23)27(33)29(35)28(34)25(36-5)17-38-26(32)16-30(2,3)4/h7-8,10-11,14-15,22,25,27-29,33-35H,6,9,12-13,16-17H2,1-5H3/t22?,25-,27+,28-,29-/m1/s1. The third-order valence-corrected chi connectivity index (χ3v) is 7.29. The molecule has 7 nitrogen and oxygen atoms in total. The Bertz CT molecular complexity index is 1060. The van der Waals surface area contributed by atoms with Crippen molar-refractivity contribution >= 4 is 17.6 Å². The van der Waals surface area contributed by atoms with Gasteiger partial charge in [-0.1, -0.05) is 50.6 Å². The Kier molecular flexibility index (Phi) is 10.6. The monoisotopic (exact) mass is 548 g/mol. The van der Waals surface area contributed by atoms with E-state index in [9.17, 15) is 20.1 Å². The minimum atomic E-state index is -1.50. The van der Waals surface area contributed by atoms with Crippen LogP contribution in [-0.2, 0) is 27.1 Å². The number of esters is 1. The van der Waals surface area contributed by atoms with Crippen molar-refractivity contribution in [2.75, 3.05) is 20.3 Å². The zero-order valence-corrected chi connectivity index (χ0v) is 23.7. The molecular weight excluding hydrogens is 508 g/mol. The molecule has 0 aromatic heterocycles. The zero-order valence-electron chi connectivity index (χ0n) is 22.9. The van der Waals surface area contributed by atoms with Crippen LogP contribution in [0.4, 0.5) is 0 Å².